The van der Waals surface area contributed by atoms with Crippen molar-refractivity contribution in [2.75, 3.05) is 18.2 Å². The normalized spacial score (nSPS) is 27.9. The molecule has 7 N–H and O–H groups in total. The lowest BCUT2D eigenvalue weighted by atomic mass is 10.1. The lowest BCUT2D eigenvalue weighted by molar-refractivity contribution is -0.0484. The molecule has 28 heavy (non-hydrogen) atoms. The number of rotatable bonds is 6. The maximum atomic E-state index is 13.4. The summed E-state index contributed by atoms with van der Waals surface area (Å²) in [5, 5.41) is 20.3. The Morgan fingerprint density at radius 1 is 1.25 bits per heavy atom. The molecule has 156 valence electrons. The van der Waals surface area contributed by atoms with Crippen LogP contribution in [0.2, 0.25) is 0 Å². The number of nitrogens with zero attached hydrogens (tertiary/aromatic N) is 4. The molecule has 2 aromatic heterocycles. The second kappa shape index (κ2) is 7.37. The fourth-order valence-corrected chi connectivity index (χ4v) is 5.23. The van der Waals surface area contributed by atoms with Gasteiger partial charge in [-0.3, -0.25) is 13.7 Å². The van der Waals surface area contributed by atoms with E-state index < -0.39 is 58.3 Å². The Labute approximate surface area is 155 Å². The first-order valence-electron chi connectivity index (χ1n) is 7.56. The van der Waals surface area contributed by atoms with E-state index in [2.05, 4.69) is 19.5 Å². The summed E-state index contributed by atoms with van der Waals surface area (Å²) in [4.78, 5) is 37.7. The minimum Gasteiger partial charge on any atom is -0.387 e. The number of imidazole rings is 1. The molecule has 0 aliphatic carbocycles. The van der Waals surface area contributed by atoms with E-state index in [0.29, 0.717) is 0 Å². The number of aromatic nitrogens is 4. The van der Waals surface area contributed by atoms with Crippen molar-refractivity contribution in [2.24, 2.45) is 0 Å². The molecule has 0 aromatic carbocycles. The Balaban J connectivity index is 1.78. The summed E-state index contributed by atoms with van der Waals surface area (Å²) < 4.78 is 47.0. The van der Waals surface area contributed by atoms with Crippen LogP contribution in [0.25, 0.3) is 11.2 Å². The van der Waals surface area contributed by atoms with Gasteiger partial charge in [-0.15, -0.1) is 0 Å². The highest BCUT2D eigenvalue weighted by Crippen LogP contribution is 2.55. The van der Waals surface area contributed by atoms with E-state index in [1.165, 1.54) is 0 Å². The summed E-state index contributed by atoms with van der Waals surface area (Å²) in [6.07, 6.45) is -5.92. The second-order valence-electron chi connectivity index (χ2n) is 5.99. The SMILES string of the molecule is Nc1nc(F)nc2c1ncn2[C@@H]1O[C@H](COP(=O)(O)CP(=O)(O)O)[C@@H](O)[C@@H]1O. The molecule has 0 radical (unpaired) electrons. The van der Waals surface area contributed by atoms with Crippen molar-refractivity contribution in [2.45, 2.75) is 24.5 Å². The standard InChI is InChI=1S/C11H16FN5O9P2/c12-11-15-8(13)5-9(16-11)17(2-14-5)10-7(19)6(18)4(26-10)1-25-28(23,24)3-27(20,21)22/h2,4,6-7,10,18-19H,1,3H2,(H,23,24)(H2,13,15,16)(H2,20,21,22)/t4-,6-,7+,10-/m1/s1. The number of halogens is 1. The summed E-state index contributed by atoms with van der Waals surface area (Å²) in [5.74, 6) is -1.68. The maximum absolute atomic E-state index is 13.4. The third-order valence-electron chi connectivity index (χ3n) is 3.84. The number of nitrogens with two attached hydrogens (primary N) is 1. The van der Waals surface area contributed by atoms with Crippen LogP contribution < -0.4 is 5.73 Å². The van der Waals surface area contributed by atoms with Crippen molar-refractivity contribution < 1.29 is 47.7 Å². The van der Waals surface area contributed by atoms with Gasteiger partial charge in [0.05, 0.1) is 12.9 Å². The van der Waals surface area contributed by atoms with Crippen molar-refractivity contribution in [1.82, 2.24) is 19.5 Å². The van der Waals surface area contributed by atoms with Gasteiger partial charge in [-0.05, 0) is 0 Å². The first-order chi connectivity index (χ1) is 12.9. The molecule has 0 amide bonds. The fourth-order valence-electron chi connectivity index (χ4n) is 2.66. The second-order valence-corrected chi connectivity index (χ2v) is 9.98. The molecule has 3 heterocycles. The lowest BCUT2D eigenvalue weighted by Crippen LogP contribution is -2.33. The largest absolute Gasteiger partial charge is 0.387 e. The van der Waals surface area contributed by atoms with Crippen LogP contribution in [0.3, 0.4) is 0 Å². The van der Waals surface area contributed by atoms with Gasteiger partial charge in [0.25, 0.3) is 0 Å². The number of hydrogen-bond donors (Lipinski definition) is 6. The zero-order valence-corrected chi connectivity index (χ0v) is 15.6. The van der Waals surface area contributed by atoms with Crippen LogP contribution in [-0.2, 0) is 18.4 Å². The topological polar surface area (TPSA) is 223 Å². The highest BCUT2D eigenvalue weighted by atomic mass is 31.2. The molecule has 0 bridgehead atoms. The van der Waals surface area contributed by atoms with Gasteiger partial charge in [0, 0.05) is 0 Å². The first kappa shape index (κ1) is 21.2. The Morgan fingerprint density at radius 2 is 1.93 bits per heavy atom. The molecule has 17 heteroatoms. The van der Waals surface area contributed by atoms with E-state index in [0.717, 1.165) is 10.9 Å². The number of fused-ring (bicyclic) bond motifs is 1. The van der Waals surface area contributed by atoms with Gasteiger partial charge in [0.15, 0.2) is 29.1 Å². The highest BCUT2D eigenvalue weighted by molar-refractivity contribution is 7.70. The molecular formula is C11H16FN5O9P2. The molecule has 2 aromatic rings. The van der Waals surface area contributed by atoms with E-state index in [4.69, 9.17) is 20.3 Å². The summed E-state index contributed by atoms with van der Waals surface area (Å²) in [5.41, 5.74) is 5.44. The predicted molar refractivity (Wildman–Crippen MR) is 88.3 cm³/mol. The third-order valence-corrected chi connectivity index (χ3v) is 7.29. The van der Waals surface area contributed by atoms with E-state index in [9.17, 15) is 28.6 Å². The molecule has 1 aliphatic rings. The summed E-state index contributed by atoms with van der Waals surface area (Å²) in [6.45, 7) is -0.763. The molecule has 1 aliphatic heterocycles. The van der Waals surface area contributed by atoms with Crippen LogP contribution in [0.5, 0.6) is 0 Å². The number of hydrogen-bond acceptors (Lipinski definition) is 10. The Kier molecular flexibility index (Phi) is 5.57. The number of anilines is 1. The van der Waals surface area contributed by atoms with Gasteiger partial charge in [0.1, 0.15) is 18.3 Å². The monoisotopic (exact) mass is 443 g/mol. The molecule has 0 saturated carbocycles. The van der Waals surface area contributed by atoms with Crippen molar-refractivity contribution in [3.8, 4) is 0 Å². The number of ether oxygens (including phenoxy) is 1. The summed E-state index contributed by atoms with van der Waals surface area (Å²) in [6, 6.07) is 0. The summed E-state index contributed by atoms with van der Waals surface area (Å²) in [7, 11) is -9.52. The molecule has 5 atom stereocenters. The lowest BCUT2D eigenvalue weighted by Gasteiger charge is -2.18. The van der Waals surface area contributed by atoms with Crippen molar-refractivity contribution >= 4 is 32.2 Å². The van der Waals surface area contributed by atoms with Gasteiger partial charge >= 0.3 is 21.3 Å². The van der Waals surface area contributed by atoms with Crippen LogP contribution in [0, 0.1) is 6.08 Å². The minimum atomic E-state index is -4.83. The average Bonchev–Trinajstić information content (AvgIpc) is 3.06. The Hall–Kier alpha value is -1.54. The summed E-state index contributed by atoms with van der Waals surface area (Å²) >= 11 is 0. The van der Waals surface area contributed by atoms with Crippen LogP contribution in [0.1, 0.15) is 6.23 Å². The van der Waals surface area contributed by atoms with Gasteiger partial charge in [-0.1, -0.05) is 0 Å². The van der Waals surface area contributed by atoms with E-state index in [1.54, 1.807) is 0 Å². The van der Waals surface area contributed by atoms with Gasteiger partial charge in [-0.2, -0.15) is 14.4 Å². The predicted octanol–water partition coefficient (Wildman–Crippen LogP) is -1.50. The Bertz CT molecular complexity index is 983. The number of aliphatic hydroxyl groups excluding tert-OH is 2. The molecule has 1 saturated heterocycles. The first-order valence-corrected chi connectivity index (χ1v) is 11.1. The smallest absolute Gasteiger partial charge is 0.340 e. The Morgan fingerprint density at radius 3 is 2.57 bits per heavy atom. The van der Waals surface area contributed by atoms with E-state index in [1.807, 2.05) is 0 Å². The molecular weight excluding hydrogens is 427 g/mol. The van der Waals surface area contributed by atoms with Gasteiger partial charge in [-0.25, -0.2) is 4.98 Å². The van der Waals surface area contributed by atoms with E-state index >= 15 is 0 Å². The molecule has 1 fully saturated rings. The molecule has 14 nitrogen and oxygen atoms in total. The molecule has 3 rings (SSSR count). The van der Waals surface area contributed by atoms with Crippen molar-refractivity contribution in [3.63, 3.8) is 0 Å². The quantitative estimate of drug-likeness (QED) is 0.221. The number of nitrogen functional groups attached to an aromatic ring is 1. The number of aliphatic hydroxyl groups is 2. The molecule has 0 spiro atoms. The third kappa shape index (κ3) is 4.38. The van der Waals surface area contributed by atoms with Gasteiger partial charge in [0.2, 0.25) is 0 Å². The van der Waals surface area contributed by atoms with Gasteiger partial charge < -0.3 is 39.9 Å². The maximum Gasteiger partial charge on any atom is 0.340 e. The van der Waals surface area contributed by atoms with Crippen LogP contribution in [0.4, 0.5) is 10.2 Å². The van der Waals surface area contributed by atoms with E-state index in [-0.39, 0.29) is 17.0 Å². The molecule has 1 unspecified atom stereocenters. The zero-order valence-electron chi connectivity index (χ0n) is 13.8. The van der Waals surface area contributed by atoms with Crippen LogP contribution in [0.15, 0.2) is 6.33 Å². The minimum absolute atomic E-state index is 0.0212. The zero-order chi connectivity index (χ0) is 20.9. The fraction of sp³-hybridized carbons (Fsp3) is 0.545. The highest BCUT2D eigenvalue weighted by Gasteiger charge is 2.45. The van der Waals surface area contributed by atoms with Crippen molar-refractivity contribution in [1.29, 1.82) is 0 Å². The van der Waals surface area contributed by atoms with Crippen LogP contribution >= 0.6 is 15.2 Å². The van der Waals surface area contributed by atoms with Crippen LogP contribution in [-0.4, -0.2) is 75.2 Å². The van der Waals surface area contributed by atoms with Crippen molar-refractivity contribution in [3.05, 3.63) is 12.4 Å². The average molecular weight is 443 g/mol.